The van der Waals surface area contributed by atoms with Crippen molar-refractivity contribution < 1.29 is 19.2 Å². The minimum atomic E-state index is -0.696. The van der Waals surface area contributed by atoms with Gasteiger partial charge >= 0.3 is 11.7 Å². The summed E-state index contributed by atoms with van der Waals surface area (Å²) in [5.74, 6) is -0.128. The van der Waals surface area contributed by atoms with Crippen LogP contribution in [0.25, 0.3) is 5.52 Å². The number of nitrogens with zero attached hydrogens (tertiary/aromatic N) is 2. The van der Waals surface area contributed by atoms with Gasteiger partial charge in [-0.3, -0.25) is 10.1 Å². The first-order valence-corrected chi connectivity index (χ1v) is 8.06. The Labute approximate surface area is 137 Å². The van der Waals surface area contributed by atoms with E-state index in [4.69, 9.17) is 9.47 Å². The van der Waals surface area contributed by atoms with Crippen molar-refractivity contribution >= 4 is 28.9 Å². The van der Waals surface area contributed by atoms with Gasteiger partial charge in [-0.2, -0.15) is 0 Å². The Morgan fingerprint density at radius 3 is 2.52 bits per heavy atom. The van der Waals surface area contributed by atoms with Crippen molar-refractivity contribution in [3.63, 3.8) is 0 Å². The van der Waals surface area contributed by atoms with Gasteiger partial charge in [0.25, 0.3) is 0 Å². The average molecular weight is 338 g/mol. The molecule has 2 rings (SSSR count). The van der Waals surface area contributed by atoms with Gasteiger partial charge in [-0.05, 0) is 33.1 Å². The summed E-state index contributed by atoms with van der Waals surface area (Å²) in [7, 11) is 1.48. The van der Waals surface area contributed by atoms with Crippen molar-refractivity contribution in [3.8, 4) is 5.75 Å². The van der Waals surface area contributed by atoms with Gasteiger partial charge in [-0.1, -0.05) is 0 Å². The molecule has 2 aromatic rings. The van der Waals surface area contributed by atoms with Crippen molar-refractivity contribution in [2.24, 2.45) is 0 Å². The summed E-state index contributed by atoms with van der Waals surface area (Å²) in [4.78, 5) is 23.8. The zero-order chi connectivity index (χ0) is 17.4. The summed E-state index contributed by atoms with van der Waals surface area (Å²) < 4.78 is 12.0. The number of aromatic nitrogens is 1. The zero-order valence-corrected chi connectivity index (χ0v) is 14.4. The van der Waals surface area contributed by atoms with Gasteiger partial charge in [0.2, 0.25) is 0 Å². The highest BCUT2D eigenvalue weighted by Crippen LogP contribution is 2.39. The van der Waals surface area contributed by atoms with Crippen molar-refractivity contribution in [2.45, 2.75) is 31.3 Å². The Morgan fingerprint density at radius 2 is 2.04 bits per heavy atom. The Balaban J connectivity index is 2.77. The van der Waals surface area contributed by atoms with E-state index < -0.39 is 16.5 Å². The smallest absolute Gasteiger partial charge is 0.357 e. The highest BCUT2D eigenvalue weighted by molar-refractivity contribution is 7.98. The van der Waals surface area contributed by atoms with Crippen LogP contribution < -0.4 is 4.74 Å². The number of fused-ring (bicyclic) bond motifs is 1. The SMILES string of the molecule is COc1ccn2c(C(=O)OC(C)(C)C)c(SC)c([N+](=O)[O-])c2c1. The Kier molecular flexibility index (Phi) is 4.56. The van der Waals surface area contributed by atoms with Gasteiger partial charge in [0.15, 0.2) is 5.69 Å². The van der Waals surface area contributed by atoms with E-state index in [-0.39, 0.29) is 16.3 Å². The summed E-state index contributed by atoms with van der Waals surface area (Å²) in [5.41, 5.74) is -0.383. The number of hydrogen-bond donors (Lipinski definition) is 0. The van der Waals surface area contributed by atoms with Crippen molar-refractivity contribution in [1.82, 2.24) is 4.40 Å². The third-order valence-corrected chi connectivity index (χ3v) is 3.85. The molecular formula is C15H18N2O5S. The first-order valence-electron chi connectivity index (χ1n) is 6.83. The number of nitro groups is 1. The first kappa shape index (κ1) is 17.1. The number of hydrogen-bond acceptors (Lipinski definition) is 6. The maximum Gasteiger partial charge on any atom is 0.357 e. The Bertz CT molecular complexity index is 776. The molecule has 0 amide bonds. The predicted octanol–water partition coefficient (Wildman–Crippen LogP) is 3.53. The molecular weight excluding hydrogens is 320 g/mol. The molecule has 0 aromatic carbocycles. The van der Waals surface area contributed by atoms with Crippen LogP contribution >= 0.6 is 11.8 Å². The second-order valence-electron chi connectivity index (χ2n) is 5.81. The normalized spacial score (nSPS) is 11.5. The van der Waals surface area contributed by atoms with Gasteiger partial charge in [-0.15, -0.1) is 11.8 Å². The standard InChI is InChI=1S/C15H18N2O5S/c1-15(2,3)22-14(18)12-13(23-5)11(17(19)20)10-8-9(21-4)6-7-16(10)12/h6-8H,1-5H3. The Morgan fingerprint density at radius 1 is 1.39 bits per heavy atom. The van der Waals surface area contributed by atoms with E-state index in [1.54, 1.807) is 39.3 Å². The molecule has 0 fully saturated rings. The minimum Gasteiger partial charge on any atom is -0.497 e. The summed E-state index contributed by atoms with van der Waals surface area (Å²) in [6.45, 7) is 5.24. The van der Waals surface area contributed by atoms with Crippen LogP contribution in [0.2, 0.25) is 0 Å². The molecule has 8 heteroatoms. The van der Waals surface area contributed by atoms with Crippen molar-refractivity contribution in [1.29, 1.82) is 0 Å². The number of pyridine rings is 1. The lowest BCUT2D eigenvalue weighted by Gasteiger charge is -2.19. The molecule has 0 radical (unpaired) electrons. The molecule has 0 unspecified atom stereocenters. The van der Waals surface area contributed by atoms with E-state index in [9.17, 15) is 14.9 Å². The largest absolute Gasteiger partial charge is 0.497 e. The highest BCUT2D eigenvalue weighted by Gasteiger charge is 2.32. The van der Waals surface area contributed by atoms with Crippen LogP contribution in [-0.4, -0.2) is 34.3 Å². The molecule has 2 heterocycles. The maximum absolute atomic E-state index is 12.5. The predicted molar refractivity (Wildman–Crippen MR) is 87.6 cm³/mol. The van der Waals surface area contributed by atoms with Gasteiger partial charge in [0, 0.05) is 12.3 Å². The molecule has 0 aliphatic rings. The van der Waals surface area contributed by atoms with Crippen LogP contribution in [0.15, 0.2) is 23.2 Å². The summed E-state index contributed by atoms with van der Waals surface area (Å²) >= 11 is 1.14. The number of ether oxygens (including phenoxy) is 2. The molecule has 0 atom stereocenters. The number of carbonyl (C=O) groups excluding carboxylic acids is 1. The number of carbonyl (C=O) groups is 1. The van der Waals surface area contributed by atoms with Crippen LogP contribution in [0.4, 0.5) is 5.69 Å². The monoisotopic (exact) mass is 338 g/mol. The fourth-order valence-corrected chi connectivity index (χ4v) is 2.96. The molecule has 0 spiro atoms. The molecule has 23 heavy (non-hydrogen) atoms. The van der Waals surface area contributed by atoms with Crippen LogP contribution in [0, 0.1) is 10.1 Å². The molecule has 0 saturated heterocycles. The quantitative estimate of drug-likeness (QED) is 0.367. The molecule has 2 aromatic heterocycles. The van der Waals surface area contributed by atoms with Crippen molar-refractivity contribution in [2.75, 3.05) is 13.4 Å². The van der Waals surface area contributed by atoms with E-state index in [1.807, 2.05) is 0 Å². The second-order valence-corrected chi connectivity index (χ2v) is 6.63. The lowest BCUT2D eigenvalue weighted by molar-refractivity contribution is -0.385. The number of esters is 1. The van der Waals surface area contributed by atoms with Crippen molar-refractivity contribution in [3.05, 3.63) is 34.1 Å². The number of thioether (sulfide) groups is 1. The lowest BCUT2D eigenvalue weighted by atomic mass is 10.2. The third-order valence-electron chi connectivity index (χ3n) is 3.05. The summed E-state index contributed by atoms with van der Waals surface area (Å²) in [5, 5.41) is 11.5. The molecule has 0 aliphatic heterocycles. The maximum atomic E-state index is 12.5. The van der Waals surface area contributed by atoms with Crippen LogP contribution in [0.5, 0.6) is 5.75 Å². The molecule has 124 valence electrons. The minimum absolute atomic E-state index is 0.128. The van der Waals surface area contributed by atoms with Gasteiger partial charge in [0.1, 0.15) is 21.8 Å². The number of methoxy groups -OCH3 is 1. The molecule has 0 saturated carbocycles. The zero-order valence-electron chi connectivity index (χ0n) is 13.6. The van der Waals surface area contributed by atoms with E-state index in [2.05, 4.69) is 0 Å². The summed E-state index contributed by atoms with van der Waals surface area (Å²) in [6.07, 6.45) is 3.26. The molecule has 0 aliphatic carbocycles. The van der Waals surface area contributed by atoms with E-state index >= 15 is 0 Å². The van der Waals surface area contributed by atoms with Crippen LogP contribution in [0.3, 0.4) is 0 Å². The van der Waals surface area contributed by atoms with E-state index in [0.29, 0.717) is 11.3 Å². The molecule has 0 bridgehead atoms. The van der Waals surface area contributed by atoms with Gasteiger partial charge in [0.05, 0.1) is 12.0 Å². The Hall–Kier alpha value is -2.22. The van der Waals surface area contributed by atoms with Gasteiger partial charge < -0.3 is 13.9 Å². The van der Waals surface area contributed by atoms with Gasteiger partial charge in [-0.25, -0.2) is 4.79 Å². The second kappa shape index (κ2) is 6.11. The van der Waals surface area contributed by atoms with Crippen LogP contribution in [0.1, 0.15) is 31.3 Å². The molecule has 7 nitrogen and oxygen atoms in total. The van der Waals surface area contributed by atoms with E-state index in [1.165, 1.54) is 17.6 Å². The summed E-state index contributed by atoms with van der Waals surface area (Å²) in [6, 6.07) is 3.17. The van der Waals surface area contributed by atoms with E-state index in [0.717, 1.165) is 11.8 Å². The average Bonchev–Trinajstić information content (AvgIpc) is 2.78. The fourth-order valence-electron chi connectivity index (χ4n) is 2.21. The number of rotatable bonds is 4. The van der Waals surface area contributed by atoms with Crippen LogP contribution in [-0.2, 0) is 4.74 Å². The molecule has 0 N–H and O–H groups in total. The fraction of sp³-hybridized carbons (Fsp3) is 0.400. The highest BCUT2D eigenvalue weighted by atomic mass is 32.2. The third kappa shape index (κ3) is 3.26. The topological polar surface area (TPSA) is 83.1 Å². The first-order chi connectivity index (χ1) is 10.7. The lowest BCUT2D eigenvalue weighted by Crippen LogP contribution is -2.25.